The van der Waals surface area contributed by atoms with Gasteiger partial charge in [-0.1, -0.05) is 23.7 Å². The molecule has 1 aliphatic rings. The van der Waals surface area contributed by atoms with Crippen molar-refractivity contribution in [1.29, 1.82) is 0 Å². The van der Waals surface area contributed by atoms with Crippen molar-refractivity contribution in [2.24, 2.45) is 0 Å². The SMILES string of the molecule is CNCc1ccc(Cl)cc1N1CCc2ccc(F)cc21. The molecule has 0 bridgehead atoms. The molecule has 2 aromatic carbocycles. The van der Waals surface area contributed by atoms with Crippen LogP contribution in [-0.4, -0.2) is 13.6 Å². The van der Waals surface area contributed by atoms with Gasteiger partial charge in [0.15, 0.2) is 0 Å². The second kappa shape index (κ2) is 5.43. The summed E-state index contributed by atoms with van der Waals surface area (Å²) < 4.78 is 13.5. The summed E-state index contributed by atoms with van der Waals surface area (Å²) >= 11 is 6.13. The average molecular weight is 291 g/mol. The second-order valence-corrected chi connectivity index (χ2v) is 5.41. The molecule has 0 radical (unpaired) electrons. The number of hydrogen-bond acceptors (Lipinski definition) is 2. The molecule has 20 heavy (non-hydrogen) atoms. The highest BCUT2D eigenvalue weighted by molar-refractivity contribution is 6.30. The van der Waals surface area contributed by atoms with Gasteiger partial charge in [0.25, 0.3) is 0 Å². The minimum atomic E-state index is -0.201. The van der Waals surface area contributed by atoms with Crippen molar-refractivity contribution >= 4 is 23.0 Å². The summed E-state index contributed by atoms with van der Waals surface area (Å²) in [5.41, 5.74) is 4.34. The molecule has 0 saturated carbocycles. The van der Waals surface area contributed by atoms with Crippen molar-refractivity contribution in [3.05, 3.63) is 58.4 Å². The molecule has 0 fully saturated rings. The topological polar surface area (TPSA) is 15.3 Å². The molecule has 0 aliphatic carbocycles. The van der Waals surface area contributed by atoms with Crippen molar-refractivity contribution < 1.29 is 4.39 Å². The summed E-state index contributed by atoms with van der Waals surface area (Å²) in [6, 6.07) is 10.9. The van der Waals surface area contributed by atoms with Gasteiger partial charge in [-0.25, -0.2) is 4.39 Å². The van der Waals surface area contributed by atoms with Gasteiger partial charge in [-0.3, -0.25) is 0 Å². The van der Waals surface area contributed by atoms with Crippen LogP contribution in [0.4, 0.5) is 15.8 Å². The summed E-state index contributed by atoms with van der Waals surface area (Å²) in [6.45, 7) is 1.61. The summed E-state index contributed by atoms with van der Waals surface area (Å²) in [5.74, 6) is -0.201. The predicted octanol–water partition coefficient (Wildman–Crippen LogP) is 3.89. The molecule has 0 unspecified atom stereocenters. The third kappa shape index (κ3) is 2.39. The smallest absolute Gasteiger partial charge is 0.125 e. The lowest BCUT2D eigenvalue weighted by atomic mass is 10.1. The molecule has 1 N–H and O–H groups in total. The van der Waals surface area contributed by atoms with E-state index in [1.54, 1.807) is 6.07 Å². The fourth-order valence-electron chi connectivity index (χ4n) is 2.73. The van der Waals surface area contributed by atoms with E-state index in [-0.39, 0.29) is 5.82 Å². The zero-order valence-corrected chi connectivity index (χ0v) is 12.0. The molecule has 1 heterocycles. The Morgan fingerprint density at radius 3 is 2.85 bits per heavy atom. The zero-order valence-electron chi connectivity index (χ0n) is 11.3. The molecule has 2 aromatic rings. The van der Waals surface area contributed by atoms with Crippen LogP contribution >= 0.6 is 11.6 Å². The van der Waals surface area contributed by atoms with Gasteiger partial charge in [-0.2, -0.15) is 0 Å². The van der Waals surface area contributed by atoms with Gasteiger partial charge in [0.05, 0.1) is 0 Å². The first kappa shape index (κ1) is 13.4. The number of halogens is 2. The summed E-state index contributed by atoms with van der Waals surface area (Å²) in [7, 11) is 1.91. The summed E-state index contributed by atoms with van der Waals surface area (Å²) in [6.07, 6.45) is 0.932. The Labute approximate surface area is 123 Å². The molecule has 0 saturated heterocycles. The highest BCUT2D eigenvalue weighted by Gasteiger charge is 2.22. The number of rotatable bonds is 3. The lowest BCUT2D eigenvalue weighted by molar-refractivity contribution is 0.628. The maximum atomic E-state index is 13.5. The molecule has 2 nitrogen and oxygen atoms in total. The Bertz CT molecular complexity index is 642. The molecule has 0 spiro atoms. The van der Waals surface area contributed by atoms with Crippen LogP contribution in [0.1, 0.15) is 11.1 Å². The van der Waals surface area contributed by atoms with E-state index >= 15 is 0 Å². The molecule has 1 aliphatic heterocycles. The number of nitrogens with one attached hydrogen (secondary N) is 1. The van der Waals surface area contributed by atoms with Crippen molar-refractivity contribution in [2.45, 2.75) is 13.0 Å². The van der Waals surface area contributed by atoms with Gasteiger partial charge in [0, 0.05) is 29.5 Å². The fraction of sp³-hybridized carbons (Fsp3) is 0.250. The van der Waals surface area contributed by atoms with Crippen LogP contribution in [0.3, 0.4) is 0 Å². The van der Waals surface area contributed by atoms with Crippen molar-refractivity contribution in [2.75, 3.05) is 18.5 Å². The van der Waals surface area contributed by atoms with E-state index in [2.05, 4.69) is 10.2 Å². The quantitative estimate of drug-likeness (QED) is 0.922. The fourth-order valence-corrected chi connectivity index (χ4v) is 2.90. The largest absolute Gasteiger partial charge is 0.341 e. The Hall–Kier alpha value is -1.58. The van der Waals surface area contributed by atoms with Gasteiger partial charge in [0.1, 0.15) is 5.82 Å². The van der Waals surface area contributed by atoms with Crippen molar-refractivity contribution in [3.8, 4) is 0 Å². The Morgan fingerprint density at radius 1 is 1.20 bits per heavy atom. The van der Waals surface area contributed by atoms with E-state index in [9.17, 15) is 4.39 Å². The third-order valence-electron chi connectivity index (χ3n) is 3.65. The first-order chi connectivity index (χ1) is 9.69. The number of nitrogens with zero attached hydrogens (tertiary/aromatic N) is 1. The molecule has 104 valence electrons. The molecule has 0 amide bonds. The van der Waals surface area contributed by atoms with Crippen molar-refractivity contribution in [1.82, 2.24) is 5.32 Å². The standard InChI is InChI=1S/C16H16ClFN2/c1-19-10-12-2-4-13(17)8-15(12)20-7-6-11-3-5-14(18)9-16(11)20/h2-5,8-9,19H,6-7,10H2,1H3. The van der Waals surface area contributed by atoms with Gasteiger partial charge < -0.3 is 10.2 Å². The van der Waals surface area contributed by atoms with E-state index in [1.165, 1.54) is 11.6 Å². The van der Waals surface area contributed by atoms with Crippen LogP contribution in [-0.2, 0) is 13.0 Å². The van der Waals surface area contributed by atoms with E-state index in [1.807, 2.05) is 31.3 Å². The minimum Gasteiger partial charge on any atom is -0.341 e. The molecule has 0 atom stereocenters. The Kier molecular flexibility index (Phi) is 3.64. The first-order valence-corrected chi connectivity index (χ1v) is 7.06. The number of fused-ring (bicyclic) bond motifs is 1. The van der Waals surface area contributed by atoms with Gasteiger partial charge in [-0.15, -0.1) is 0 Å². The lowest BCUT2D eigenvalue weighted by Crippen LogP contribution is -2.17. The Balaban J connectivity index is 2.07. The monoisotopic (exact) mass is 290 g/mol. The van der Waals surface area contributed by atoms with E-state index in [0.717, 1.165) is 36.4 Å². The van der Waals surface area contributed by atoms with Gasteiger partial charge >= 0.3 is 0 Å². The third-order valence-corrected chi connectivity index (χ3v) is 3.88. The van der Waals surface area contributed by atoms with Crippen LogP contribution in [0, 0.1) is 5.82 Å². The van der Waals surface area contributed by atoms with E-state index in [4.69, 9.17) is 11.6 Å². The number of hydrogen-bond donors (Lipinski definition) is 1. The highest BCUT2D eigenvalue weighted by atomic mass is 35.5. The normalized spacial score (nSPS) is 13.7. The van der Waals surface area contributed by atoms with Crippen LogP contribution in [0.5, 0.6) is 0 Å². The highest BCUT2D eigenvalue weighted by Crippen LogP contribution is 2.37. The summed E-state index contributed by atoms with van der Waals surface area (Å²) in [5, 5.41) is 3.86. The van der Waals surface area contributed by atoms with Crippen molar-refractivity contribution in [3.63, 3.8) is 0 Å². The zero-order chi connectivity index (χ0) is 14.1. The van der Waals surface area contributed by atoms with Crippen LogP contribution in [0.25, 0.3) is 0 Å². The molecular weight excluding hydrogens is 275 g/mol. The Morgan fingerprint density at radius 2 is 2.05 bits per heavy atom. The maximum Gasteiger partial charge on any atom is 0.125 e. The average Bonchev–Trinajstić information content (AvgIpc) is 2.84. The molecule has 4 heteroatoms. The predicted molar refractivity (Wildman–Crippen MR) is 81.3 cm³/mol. The maximum absolute atomic E-state index is 13.5. The summed E-state index contributed by atoms with van der Waals surface area (Å²) in [4.78, 5) is 2.15. The second-order valence-electron chi connectivity index (χ2n) is 4.98. The van der Waals surface area contributed by atoms with Gasteiger partial charge in [-0.05, 0) is 48.9 Å². The van der Waals surface area contributed by atoms with E-state index < -0.39 is 0 Å². The number of anilines is 2. The first-order valence-electron chi connectivity index (χ1n) is 6.68. The molecule has 0 aromatic heterocycles. The van der Waals surface area contributed by atoms with Gasteiger partial charge in [0.2, 0.25) is 0 Å². The minimum absolute atomic E-state index is 0.201. The lowest BCUT2D eigenvalue weighted by Gasteiger charge is -2.23. The van der Waals surface area contributed by atoms with Crippen LogP contribution < -0.4 is 10.2 Å². The van der Waals surface area contributed by atoms with Crippen LogP contribution in [0.2, 0.25) is 5.02 Å². The van der Waals surface area contributed by atoms with Crippen LogP contribution in [0.15, 0.2) is 36.4 Å². The molecular formula is C16H16ClFN2. The molecule has 3 rings (SSSR count). The van der Waals surface area contributed by atoms with E-state index in [0.29, 0.717) is 5.02 Å². The number of benzene rings is 2.